The summed E-state index contributed by atoms with van der Waals surface area (Å²) in [4.78, 5) is 0. The molecule has 0 aliphatic carbocycles. The van der Waals surface area contributed by atoms with Crippen molar-refractivity contribution in [3.8, 4) is 0 Å². The minimum Gasteiger partial charge on any atom is -0.394 e. The number of rotatable bonds is 17. The van der Waals surface area contributed by atoms with Crippen LogP contribution in [0.3, 0.4) is 0 Å². The third-order valence-corrected chi connectivity index (χ3v) is 4.26. The maximum absolute atomic E-state index is 9.38. The summed E-state index contributed by atoms with van der Waals surface area (Å²) in [6.07, 6.45) is 12.4. The zero-order chi connectivity index (χ0) is 16.5. The van der Waals surface area contributed by atoms with Gasteiger partial charge in [0.15, 0.2) is 0 Å². The van der Waals surface area contributed by atoms with E-state index in [0.717, 1.165) is 26.1 Å². The lowest BCUT2D eigenvalue weighted by Crippen LogP contribution is -2.27. The minimum atomic E-state index is -0.157. The molecule has 0 aromatic rings. The van der Waals surface area contributed by atoms with Gasteiger partial charge < -0.3 is 14.6 Å². The Bertz CT molecular complexity index is 209. The van der Waals surface area contributed by atoms with Crippen molar-refractivity contribution in [3.05, 3.63) is 0 Å². The molecule has 0 fully saturated rings. The largest absolute Gasteiger partial charge is 0.394 e. The predicted molar refractivity (Wildman–Crippen MR) is 94.3 cm³/mol. The van der Waals surface area contributed by atoms with E-state index in [4.69, 9.17) is 9.47 Å². The van der Waals surface area contributed by atoms with Crippen LogP contribution in [0.1, 0.15) is 85.0 Å². The second kappa shape index (κ2) is 17.2. The zero-order valence-corrected chi connectivity index (χ0v) is 15.3. The molecular weight excluding hydrogens is 276 g/mol. The van der Waals surface area contributed by atoms with Crippen molar-refractivity contribution in [2.45, 2.75) is 91.1 Å². The van der Waals surface area contributed by atoms with Crippen LogP contribution in [-0.2, 0) is 9.47 Å². The summed E-state index contributed by atoms with van der Waals surface area (Å²) in [5, 5.41) is 9.38. The average molecular weight is 317 g/mol. The Morgan fingerprint density at radius 2 is 1.50 bits per heavy atom. The third kappa shape index (κ3) is 13.5. The first-order valence-corrected chi connectivity index (χ1v) is 9.58. The van der Waals surface area contributed by atoms with Crippen LogP contribution in [0.4, 0.5) is 0 Å². The highest BCUT2D eigenvalue weighted by Gasteiger charge is 2.12. The van der Waals surface area contributed by atoms with Gasteiger partial charge in [0, 0.05) is 13.2 Å². The standard InChI is InChI=1S/C19H40O3/c1-4-7-9-10-11-12-14-21-17-19(15-20)22-16-18(6-3)13-8-5-2/h18-20H,4-17H2,1-3H3. The lowest BCUT2D eigenvalue weighted by molar-refractivity contribution is -0.0547. The van der Waals surface area contributed by atoms with Crippen molar-refractivity contribution in [1.29, 1.82) is 0 Å². The smallest absolute Gasteiger partial charge is 0.104 e. The summed E-state index contributed by atoms with van der Waals surface area (Å²) < 4.78 is 11.5. The lowest BCUT2D eigenvalue weighted by atomic mass is 10.0. The molecule has 0 bridgehead atoms. The number of aliphatic hydroxyl groups excluding tert-OH is 1. The van der Waals surface area contributed by atoms with Crippen LogP contribution >= 0.6 is 0 Å². The van der Waals surface area contributed by atoms with Crippen molar-refractivity contribution in [3.63, 3.8) is 0 Å². The highest BCUT2D eigenvalue weighted by atomic mass is 16.5. The van der Waals surface area contributed by atoms with Gasteiger partial charge in [-0.1, -0.05) is 72.1 Å². The molecule has 22 heavy (non-hydrogen) atoms. The molecule has 3 heteroatoms. The fourth-order valence-corrected chi connectivity index (χ4v) is 2.52. The molecule has 0 aliphatic heterocycles. The van der Waals surface area contributed by atoms with E-state index in [0.29, 0.717) is 12.5 Å². The lowest BCUT2D eigenvalue weighted by Gasteiger charge is -2.20. The van der Waals surface area contributed by atoms with E-state index in [-0.39, 0.29) is 12.7 Å². The van der Waals surface area contributed by atoms with Gasteiger partial charge >= 0.3 is 0 Å². The molecule has 0 spiro atoms. The Morgan fingerprint density at radius 3 is 2.14 bits per heavy atom. The zero-order valence-electron chi connectivity index (χ0n) is 15.3. The minimum absolute atomic E-state index is 0.0563. The molecule has 0 aromatic carbocycles. The fraction of sp³-hybridized carbons (Fsp3) is 1.00. The van der Waals surface area contributed by atoms with Crippen molar-refractivity contribution < 1.29 is 14.6 Å². The van der Waals surface area contributed by atoms with Crippen LogP contribution in [0.15, 0.2) is 0 Å². The van der Waals surface area contributed by atoms with Crippen LogP contribution in [0.25, 0.3) is 0 Å². The van der Waals surface area contributed by atoms with Crippen LogP contribution in [-0.4, -0.2) is 37.6 Å². The molecule has 0 aromatic heterocycles. The van der Waals surface area contributed by atoms with E-state index in [2.05, 4.69) is 20.8 Å². The topological polar surface area (TPSA) is 38.7 Å². The Hall–Kier alpha value is -0.120. The Labute approximate surface area is 138 Å². The number of hydrogen-bond acceptors (Lipinski definition) is 3. The van der Waals surface area contributed by atoms with E-state index in [9.17, 15) is 5.11 Å². The second-order valence-electron chi connectivity index (χ2n) is 6.40. The molecule has 0 heterocycles. The summed E-state index contributed by atoms with van der Waals surface area (Å²) in [6.45, 7) is 8.80. The van der Waals surface area contributed by atoms with Gasteiger partial charge in [-0.2, -0.15) is 0 Å². The van der Waals surface area contributed by atoms with Gasteiger partial charge in [-0.15, -0.1) is 0 Å². The molecule has 0 amide bonds. The van der Waals surface area contributed by atoms with Gasteiger partial charge in [0.1, 0.15) is 6.10 Å². The SMILES string of the molecule is CCCCCCCCOCC(CO)OCC(CC)CCCC. The summed E-state index contributed by atoms with van der Waals surface area (Å²) in [7, 11) is 0. The molecule has 2 unspecified atom stereocenters. The molecule has 0 radical (unpaired) electrons. The van der Waals surface area contributed by atoms with Crippen molar-refractivity contribution >= 4 is 0 Å². The fourth-order valence-electron chi connectivity index (χ4n) is 2.52. The van der Waals surface area contributed by atoms with Gasteiger partial charge in [0.25, 0.3) is 0 Å². The maximum Gasteiger partial charge on any atom is 0.104 e. The molecular formula is C19H40O3. The van der Waals surface area contributed by atoms with Crippen molar-refractivity contribution in [2.75, 3.05) is 26.4 Å². The molecule has 2 atom stereocenters. The van der Waals surface area contributed by atoms with E-state index in [1.807, 2.05) is 0 Å². The monoisotopic (exact) mass is 316 g/mol. The van der Waals surface area contributed by atoms with E-state index < -0.39 is 0 Å². The molecule has 1 N–H and O–H groups in total. The normalized spacial score (nSPS) is 14.2. The van der Waals surface area contributed by atoms with Crippen molar-refractivity contribution in [1.82, 2.24) is 0 Å². The molecule has 0 rings (SSSR count). The summed E-state index contributed by atoms with van der Waals surface area (Å²) in [5.74, 6) is 0.618. The number of aliphatic hydroxyl groups is 1. The summed E-state index contributed by atoms with van der Waals surface area (Å²) in [5.41, 5.74) is 0. The van der Waals surface area contributed by atoms with Gasteiger partial charge in [-0.25, -0.2) is 0 Å². The van der Waals surface area contributed by atoms with Gasteiger partial charge in [-0.3, -0.25) is 0 Å². The van der Waals surface area contributed by atoms with Crippen LogP contribution in [0, 0.1) is 5.92 Å². The predicted octanol–water partition coefficient (Wildman–Crippen LogP) is 4.96. The van der Waals surface area contributed by atoms with Crippen LogP contribution in [0.2, 0.25) is 0 Å². The van der Waals surface area contributed by atoms with Gasteiger partial charge in [0.05, 0.1) is 13.2 Å². The van der Waals surface area contributed by atoms with Crippen LogP contribution < -0.4 is 0 Å². The third-order valence-electron chi connectivity index (χ3n) is 4.26. The molecule has 134 valence electrons. The molecule has 3 nitrogen and oxygen atoms in total. The molecule has 0 saturated heterocycles. The van der Waals surface area contributed by atoms with E-state index in [1.54, 1.807) is 0 Å². The van der Waals surface area contributed by atoms with Gasteiger partial charge in [0.2, 0.25) is 0 Å². The number of hydrogen-bond donors (Lipinski definition) is 1. The first-order chi connectivity index (χ1) is 10.8. The quantitative estimate of drug-likeness (QED) is 0.386. The van der Waals surface area contributed by atoms with Gasteiger partial charge in [-0.05, 0) is 18.8 Å². The van der Waals surface area contributed by atoms with E-state index in [1.165, 1.54) is 51.4 Å². The Kier molecular flexibility index (Phi) is 17.1. The first kappa shape index (κ1) is 21.9. The molecule has 0 saturated carbocycles. The summed E-state index contributed by atoms with van der Waals surface area (Å²) >= 11 is 0. The van der Waals surface area contributed by atoms with Crippen molar-refractivity contribution in [2.24, 2.45) is 5.92 Å². The number of unbranched alkanes of at least 4 members (excludes halogenated alkanes) is 6. The highest BCUT2D eigenvalue weighted by molar-refractivity contribution is 4.60. The van der Waals surface area contributed by atoms with Crippen LogP contribution in [0.5, 0.6) is 0 Å². The highest BCUT2D eigenvalue weighted by Crippen LogP contribution is 2.14. The average Bonchev–Trinajstić information content (AvgIpc) is 2.55. The Balaban J connectivity index is 3.57. The maximum atomic E-state index is 9.38. The summed E-state index contributed by atoms with van der Waals surface area (Å²) in [6, 6.07) is 0. The number of ether oxygens (including phenoxy) is 2. The Morgan fingerprint density at radius 1 is 0.818 bits per heavy atom. The molecule has 0 aliphatic rings. The second-order valence-corrected chi connectivity index (χ2v) is 6.40. The first-order valence-electron chi connectivity index (χ1n) is 9.58. The van der Waals surface area contributed by atoms with E-state index >= 15 is 0 Å².